The molecule has 2 N–H and O–H groups in total. The van der Waals surface area contributed by atoms with E-state index in [2.05, 4.69) is 37.3 Å². The second-order valence-corrected chi connectivity index (χ2v) is 6.62. The van der Waals surface area contributed by atoms with Gasteiger partial charge in [-0.15, -0.1) is 11.3 Å². The normalized spacial score (nSPS) is 17.8. The molecular weight excluding hydrogens is 266 g/mol. The van der Waals surface area contributed by atoms with Crippen LogP contribution in [0.15, 0.2) is 30.3 Å². The average molecular weight is 287 g/mol. The Morgan fingerprint density at radius 2 is 2.10 bits per heavy atom. The van der Waals surface area contributed by atoms with Crippen molar-refractivity contribution in [3.05, 3.63) is 51.2 Å². The van der Waals surface area contributed by atoms with E-state index in [1.807, 2.05) is 11.3 Å². The molecule has 1 aromatic heterocycles. The summed E-state index contributed by atoms with van der Waals surface area (Å²) in [6, 6.07) is 10.9. The number of hydrogen-bond acceptors (Lipinski definition) is 3. The molecule has 0 spiro atoms. The molecule has 1 aliphatic carbocycles. The first-order valence-electron chi connectivity index (χ1n) is 7.35. The summed E-state index contributed by atoms with van der Waals surface area (Å²) in [6.07, 6.45) is 4.52. The first-order chi connectivity index (χ1) is 9.76. The lowest BCUT2D eigenvalue weighted by Gasteiger charge is -2.22. The fourth-order valence-electron chi connectivity index (χ4n) is 2.75. The van der Waals surface area contributed by atoms with Gasteiger partial charge in [0.25, 0.3) is 0 Å². The van der Waals surface area contributed by atoms with E-state index >= 15 is 0 Å². The second kappa shape index (κ2) is 5.98. The number of rotatable bonds is 4. The molecule has 0 unspecified atom stereocenters. The van der Waals surface area contributed by atoms with Crippen molar-refractivity contribution >= 4 is 11.3 Å². The molecule has 0 bridgehead atoms. The van der Waals surface area contributed by atoms with Crippen LogP contribution in [-0.2, 0) is 19.4 Å². The van der Waals surface area contributed by atoms with Crippen molar-refractivity contribution in [2.24, 2.45) is 5.73 Å². The highest BCUT2D eigenvalue weighted by Gasteiger charge is 2.17. The van der Waals surface area contributed by atoms with Gasteiger partial charge in [-0.1, -0.05) is 13.0 Å². The summed E-state index contributed by atoms with van der Waals surface area (Å²) in [7, 11) is 0. The first-order valence-corrected chi connectivity index (χ1v) is 8.16. The number of nitrogens with two attached hydrogens (primary N) is 1. The van der Waals surface area contributed by atoms with Crippen molar-refractivity contribution in [1.29, 1.82) is 0 Å². The van der Waals surface area contributed by atoms with Crippen molar-refractivity contribution < 1.29 is 4.74 Å². The molecule has 1 aromatic carbocycles. The fourth-order valence-corrected chi connectivity index (χ4v) is 3.62. The topological polar surface area (TPSA) is 35.2 Å². The Hall–Kier alpha value is -1.32. The SMILES string of the molecule is CCc1ccc(COc2ccc3c(c2)[C@@H](N)CCC3)s1. The number of ether oxygens (including phenoxy) is 1. The van der Waals surface area contributed by atoms with Gasteiger partial charge in [0.15, 0.2) is 0 Å². The third-order valence-electron chi connectivity index (χ3n) is 3.92. The van der Waals surface area contributed by atoms with Crippen LogP contribution in [0.5, 0.6) is 5.75 Å². The summed E-state index contributed by atoms with van der Waals surface area (Å²) in [4.78, 5) is 2.69. The molecule has 0 aliphatic heterocycles. The van der Waals surface area contributed by atoms with Gasteiger partial charge in [-0.05, 0) is 61.1 Å². The lowest BCUT2D eigenvalue weighted by molar-refractivity contribution is 0.309. The quantitative estimate of drug-likeness (QED) is 0.913. The standard InChI is InChI=1S/C17H21NOS/c1-2-14-8-9-15(20-14)11-19-13-7-6-12-4-3-5-17(18)16(12)10-13/h6-10,17H,2-5,11,18H2,1H3/t17-/m0/s1. The maximum atomic E-state index is 6.19. The van der Waals surface area contributed by atoms with Gasteiger partial charge in [-0.3, -0.25) is 0 Å². The van der Waals surface area contributed by atoms with Crippen molar-refractivity contribution in [1.82, 2.24) is 0 Å². The van der Waals surface area contributed by atoms with Crippen LogP contribution in [0, 0.1) is 0 Å². The van der Waals surface area contributed by atoms with Crippen LogP contribution in [0.2, 0.25) is 0 Å². The summed E-state index contributed by atoms with van der Waals surface area (Å²) in [6.45, 7) is 2.83. The molecule has 3 rings (SSSR count). The lowest BCUT2D eigenvalue weighted by atomic mass is 9.88. The van der Waals surface area contributed by atoms with Crippen LogP contribution < -0.4 is 10.5 Å². The first kappa shape index (κ1) is 13.7. The maximum absolute atomic E-state index is 6.19. The number of aryl methyl sites for hydroxylation is 2. The van der Waals surface area contributed by atoms with Gasteiger partial charge in [0.1, 0.15) is 12.4 Å². The zero-order chi connectivity index (χ0) is 13.9. The van der Waals surface area contributed by atoms with Crippen molar-refractivity contribution in [2.75, 3.05) is 0 Å². The number of benzene rings is 1. The Balaban J connectivity index is 1.70. The van der Waals surface area contributed by atoms with E-state index in [-0.39, 0.29) is 6.04 Å². The molecular formula is C17H21NOS. The molecule has 1 heterocycles. The predicted molar refractivity (Wildman–Crippen MR) is 84.3 cm³/mol. The molecule has 106 valence electrons. The molecule has 0 saturated heterocycles. The highest BCUT2D eigenvalue weighted by Crippen LogP contribution is 2.31. The number of thiophene rings is 1. The van der Waals surface area contributed by atoms with Crippen molar-refractivity contribution in [2.45, 2.75) is 45.3 Å². The monoisotopic (exact) mass is 287 g/mol. The smallest absolute Gasteiger partial charge is 0.122 e. The third kappa shape index (κ3) is 2.89. The summed E-state index contributed by atoms with van der Waals surface area (Å²) in [5.74, 6) is 0.938. The summed E-state index contributed by atoms with van der Waals surface area (Å²) in [5.41, 5.74) is 8.85. The average Bonchev–Trinajstić information content (AvgIpc) is 2.94. The molecule has 2 aromatic rings. The van der Waals surface area contributed by atoms with Gasteiger partial charge in [-0.2, -0.15) is 0 Å². The summed E-state index contributed by atoms with van der Waals surface area (Å²) in [5, 5.41) is 0. The van der Waals surface area contributed by atoms with Crippen LogP contribution >= 0.6 is 11.3 Å². The largest absolute Gasteiger partial charge is 0.488 e. The fraction of sp³-hybridized carbons (Fsp3) is 0.412. The Labute approximate surface area is 124 Å². The molecule has 20 heavy (non-hydrogen) atoms. The third-order valence-corrected chi connectivity index (χ3v) is 5.13. The van der Waals surface area contributed by atoms with E-state index in [9.17, 15) is 0 Å². The van der Waals surface area contributed by atoms with E-state index in [1.165, 1.54) is 27.3 Å². The zero-order valence-corrected chi connectivity index (χ0v) is 12.7. The number of fused-ring (bicyclic) bond motifs is 1. The van der Waals surface area contributed by atoms with Gasteiger partial charge in [0, 0.05) is 15.8 Å². The van der Waals surface area contributed by atoms with Gasteiger partial charge in [-0.25, -0.2) is 0 Å². The predicted octanol–water partition coefficient (Wildman–Crippen LogP) is 4.23. The lowest BCUT2D eigenvalue weighted by Crippen LogP contribution is -2.17. The Morgan fingerprint density at radius 3 is 2.90 bits per heavy atom. The summed E-state index contributed by atoms with van der Waals surface area (Å²) >= 11 is 1.83. The number of hydrogen-bond donors (Lipinski definition) is 1. The van der Waals surface area contributed by atoms with Crippen LogP contribution in [0.25, 0.3) is 0 Å². The highest BCUT2D eigenvalue weighted by molar-refractivity contribution is 7.11. The molecule has 2 nitrogen and oxygen atoms in total. The molecule has 1 atom stereocenters. The Bertz CT molecular complexity index is 590. The van der Waals surface area contributed by atoms with E-state index in [1.54, 1.807) is 0 Å². The minimum Gasteiger partial charge on any atom is -0.488 e. The van der Waals surface area contributed by atoms with E-state index < -0.39 is 0 Å². The van der Waals surface area contributed by atoms with E-state index in [4.69, 9.17) is 10.5 Å². The van der Waals surface area contributed by atoms with Crippen molar-refractivity contribution in [3.8, 4) is 5.75 Å². The summed E-state index contributed by atoms with van der Waals surface area (Å²) < 4.78 is 5.92. The molecule has 1 aliphatic rings. The molecule has 3 heteroatoms. The molecule has 0 amide bonds. The zero-order valence-electron chi connectivity index (χ0n) is 11.9. The minimum atomic E-state index is 0.177. The second-order valence-electron chi connectivity index (χ2n) is 5.37. The van der Waals surface area contributed by atoms with Gasteiger partial charge >= 0.3 is 0 Å². The van der Waals surface area contributed by atoms with Crippen LogP contribution in [0.4, 0.5) is 0 Å². The van der Waals surface area contributed by atoms with E-state index in [0.717, 1.165) is 25.0 Å². The van der Waals surface area contributed by atoms with Crippen molar-refractivity contribution in [3.63, 3.8) is 0 Å². The van der Waals surface area contributed by atoms with Gasteiger partial charge < -0.3 is 10.5 Å². The van der Waals surface area contributed by atoms with Gasteiger partial charge in [0.05, 0.1) is 0 Å². The Kier molecular flexibility index (Phi) is 4.08. The molecule has 0 radical (unpaired) electrons. The minimum absolute atomic E-state index is 0.177. The molecule has 0 fully saturated rings. The molecule has 0 saturated carbocycles. The van der Waals surface area contributed by atoms with E-state index in [0.29, 0.717) is 6.61 Å². The Morgan fingerprint density at radius 1 is 1.25 bits per heavy atom. The van der Waals surface area contributed by atoms with Crippen LogP contribution in [0.1, 0.15) is 46.7 Å². The van der Waals surface area contributed by atoms with Crippen LogP contribution in [-0.4, -0.2) is 0 Å². The highest BCUT2D eigenvalue weighted by atomic mass is 32.1. The van der Waals surface area contributed by atoms with Gasteiger partial charge in [0.2, 0.25) is 0 Å². The van der Waals surface area contributed by atoms with Crippen LogP contribution in [0.3, 0.4) is 0 Å². The maximum Gasteiger partial charge on any atom is 0.122 e.